The third kappa shape index (κ3) is 6.23. The van der Waals surface area contributed by atoms with Gasteiger partial charge in [0, 0.05) is 81.7 Å². The Bertz CT molecular complexity index is 1330. The van der Waals surface area contributed by atoms with E-state index in [0.717, 1.165) is 16.2 Å². The van der Waals surface area contributed by atoms with Crippen LogP contribution in [0.5, 0.6) is 17.2 Å². The summed E-state index contributed by atoms with van der Waals surface area (Å²) in [5.41, 5.74) is 1.99. The molecule has 0 amide bonds. The minimum absolute atomic E-state index is 0. The fraction of sp³-hybridized carbons (Fsp3) is 0. The summed E-state index contributed by atoms with van der Waals surface area (Å²) in [6, 6.07) is 27.4. The molecule has 6 rings (SSSR count). The van der Waals surface area contributed by atoms with Crippen molar-refractivity contribution in [1.82, 2.24) is 15.0 Å². The van der Waals surface area contributed by atoms with Crippen LogP contribution in [-0.2, 0) is 0 Å². The number of hydrogen-bond acceptors (Lipinski definition) is 6. The molecule has 3 heterocycles. The first-order valence-corrected chi connectivity index (χ1v) is 10.2. The number of rotatable bonds is 0. The van der Waals surface area contributed by atoms with Crippen molar-refractivity contribution >= 4 is 32.7 Å². The van der Waals surface area contributed by atoms with Crippen molar-refractivity contribution in [2.45, 2.75) is 0 Å². The largest absolute Gasteiger partial charge is 0.506 e. The van der Waals surface area contributed by atoms with Crippen molar-refractivity contribution in [3.63, 3.8) is 0 Å². The molecule has 34 heavy (non-hydrogen) atoms. The Balaban J connectivity index is 0.000000141. The second-order valence-corrected chi connectivity index (χ2v) is 7.06. The molecule has 6 nitrogen and oxygen atoms in total. The van der Waals surface area contributed by atoms with Gasteiger partial charge in [0.05, 0.1) is 0 Å². The van der Waals surface area contributed by atoms with E-state index in [1.54, 1.807) is 55.0 Å². The molecule has 0 saturated heterocycles. The third-order valence-corrected chi connectivity index (χ3v) is 4.83. The number of aromatic nitrogens is 3. The summed E-state index contributed by atoms with van der Waals surface area (Å²) >= 11 is 0. The second-order valence-electron chi connectivity index (χ2n) is 7.06. The number of phenols is 3. The molecule has 3 N–H and O–H groups in total. The zero-order chi connectivity index (χ0) is 23.0. The smallest absolute Gasteiger partial charge is 0.141 e. The fourth-order valence-corrected chi connectivity index (χ4v) is 3.26. The van der Waals surface area contributed by atoms with Crippen LogP contribution in [0, 0.1) is 46.9 Å². The predicted octanol–water partition coefficient (Wildman–Crippen LogP) is 5.82. The van der Waals surface area contributed by atoms with E-state index in [0.29, 0.717) is 16.6 Å². The maximum absolute atomic E-state index is 9.31. The Morgan fingerprint density at radius 3 is 0.912 bits per heavy atom. The van der Waals surface area contributed by atoms with Crippen LogP contribution in [0.25, 0.3) is 32.7 Å². The first-order chi connectivity index (χ1) is 16.1. The van der Waals surface area contributed by atoms with E-state index in [1.807, 2.05) is 54.6 Å². The molecule has 0 aliphatic heterocycles. The van der Waals surface area contributed by atoms with Crippen LogP contribution in [0.1, 0.15) is 0 Å². The molecule has 0 unspecified atom stereocenters. The molecule has 0 fully saturated rings. The Morgan fingerprint density at radius 2 is 0.647 bits per heavy atom. The molecule has 7 heteroatoms. The number of pyridine rings is 3. The molecule has 0 spiro atoms. The number of para-hydroxylation sites is 3. The molecule has 176 valence electrons. The van der Waals surface area contributed by atoms with Gasteiger partial charge in [-0.1, -0.05) is 54.6 Å². The van der Waals surface area contributed by atoms with Crippen LogP contribution in [-0.4, -0.2) is 30.3 Å². The number of phenolic OH excluding ortho intramolecular Hbond substituents is 3. The number of aromatic hydroxyl groups is 3. The summed E-state index contributed by atoms with van der Waals surface area (Å²) in [7, 11) is 0. The summed E-state index contributed by atoms with van der Waals surface area (Å²) in [6.45, 7) is 0. The Hall–Kier alpha value is -3.19. The molecule has 0 radical (unpaired) electrons. The van der Waals surface area contributed by atoms with Gasteiger partial charge in [0.1, 0.15) is 33.8 Å². The average Bonchev–Trinajstić information content (AvgIpc) is 2.86. The van der Waals surface area contributed by atoms with Gasteiger partial charge in [-0.2, -0.15) is 0 Å². The fourth-order valence-electron chi connectivity index (χ4n) is 3.26. The van der Waals surface area contributed by atoms with E-state index in [-0.39, 0.29) is 64.2 Å². The third-order valence-electron chi connectivity index (χ3n) is 4.83. The minimum Gasteiger partial charge on any atom is -0.506 e. The normalized spacial score (nSPS) is 9.88. The van der Waals surface area contributed by atoms with Crippen molar-refractivity contribution in [3.8, 4) is 17.2 Å². The van der Waals surface area contributed by atoms with Crippen molar-refractivity contribution in [3.05, 3.63) is 110 Å². The quantitative estimate of drug-likeness (QED) is 0.201. The monoisotopic (exact) mass is 609 g/mol. The van der Waals surface area contributed by atoms with Gasteiger partial charge in [0.15, 0.2) is 0 Å². The molecule has 0 atom stereocenters. The minimum atomic E-state index is 0. The molecule has 3 aromatic carbocycles. The van der Waals surface area contributed by atoms with Gasteiger partial charge < -0.3 is 15.3 Å². The second kappa shape index (κ2) is 12.3. The van der Waals surface area contributed by atoms with Gasteiger partial charge in [-0.3, -0.25) is 15.0 Å². The van der Waals surface area contributed by atoms with Gasteiger partial charge in [0.2, 0.25) is 0 Å². The molecule has 0 aliphatic rings. The number of fused-ring (bicyclic) bond motifs is 3. The van der Waals surface area contributed by atoms with Gasteiger partial charge >= 0.3 is 0 Å². The van der Waals surface area contributed by atoms with E-state index in [4.69, 9.17) is 0 Å². The van der Waals surface area contributed by atoms with Gasteiger partial charge in [0.25, 0.3) is 0 Å². The van der Waals surface area contributed by atoms with Crippen LogP contribution in [0.3, 0.4) is 0 Å². The van der Waals surface area contributed by atoms with E-state index >= 15 is 0 Å². The molecule has 0 aliphatic carbocycles. The standard InChI is InChI=1S/3C9H7NO.Yb/c3*11-8-5-1-3-7-4-2-6-10-9(7)8;/h3*1-6,11H;. The van der Waals surface area contributed by atoms with Crippen LogP contribution >= 0.6 is 0 Å². The summed E-state index contributed by atoms with van der Waals surface area (Å²) in [4.78, 5) is 12.1. The Morgan fingerprint density at radius 1 is 0.382 bits per heavy atom. The van der Waals surface area contributed by atoms with Crippen molar-refractivity contribution < 1.29 is 62.2 Å². The van der Waals surface area contributed by atoms with Crippen LogP contribution < -0.4 is 0 Å². The van der Waals surface area contributed by atoms with E-state index in [2.05, 4.69) is 15.0 Å². The van der Waals surface area contributed by atoms with Crippen LogP contribution in [0.2, 0.25) is 0 Å². The maximum atomic E-state index is 9.31. The van der Waals surface area contributed by atoms with Crippen LogP contribution in [0.15, 0.2) is 110 Å². The zero-order valence-electron chi connectivity index (χ0n) is 17.8. The summed E-state index contributed by atoms with van der Waals surface area (Å²) in [5, 5.41) is 30.8. The molecule has 0 saturated carbocycles. The van der Waals surface area contributed by atoms with Gasteiger partial charge in [-0.25, -0.2) is 0 Å². The zero-order valence-corrected chi connectivity index (χ0v) is 19.6. The first-order valence-electron chi connectivity index (χ1n) is 10.2. The first kappa shape index (κ1) is 25.4. The molecule has 3 aromatic heterocycles. The molecular formula is C27H21N3O3Yb. The maximum Gasteiger partial charge on any atom is 0.141 e. The number of nitrogens with zero attached hydrogens (tertiary/aromatic N) is 3. The SMILES string of the molecule is Oc1cccc2cccnc12.Oc1cccc2cccnc12.Oc1cccc2cccnc12.[Yb]. The molecular weight excluding hydrogens is 587 g/mol. The van der Waals surface area contributed by atoms with Crippen molar-refractivity contribution in [1.29, 1.82) is 0 Å². The topological polar surface area (TPSA) is 99.4 Å². The van der Waals surface area contributed by atoms with E-state index < -0.39 is 0 Å². The summed E-state index contributed by atoms with van der Waals surface area (Å²) in [5.74, 6) is 0.717. The van der Waals surface area contributed by atoms with Crippen molar-refractivity contribution in [2.75, 3.05) is 0 Å². The Kier molecular flexibility index (Phi) is 9.22. The number of benzene rings is 3. The van der Waals surface area contributed by atoms with Crippen molar-refractivity contribution in [2.24, 2.45) is 0 Å². The van der Waals surface area contributed by atoms with Gasteiger partial charge in [-0.05, 0) is 36.4 Å². The molecule has 0 bridgehead atoms. The average molecular weight is 609 g/mol. The van der Waals surface area contributed by atoms with E-state index in [1.165, 1.54) is 0 Å². The summed E-state index contributed by atoms with van der Waals surface area (Å²) < 4.78 is 0. The van der Waals surface area contributed by atoms with E-state index in [9.17, 15) is 15.3 Å². The van der Waals surface area contributed by atoms with Gasteiger partial charge in [-0.15, -0.1) is 0 Å². The predicted molar refractivity (Wildman–Crippen MR) is 130 cm³/mol. The van der Waals surface area contributed by atoms with Crippen LogP contribution in [0.4, 0.5) is 0 Å². The Labute approximate surface area is 234 Å². The number of hydrogen-bond donors (Lipinski definition) is 3. The summed E-state index contributed by atoms with van der Waals surface area (Å²) in [6.07, 6.45) is 5.01. The molecule has 6 aromatic rings.